The zero-order valence-corrected chi connectivity index (χ0v) is 15.6. The number of hydrogen-bond donors (Lipinski definition) is 1. The molecule has 1 aromatic heterocycles. The number of hydrogen-bond acceptors (Lipinski definition) is 4. The Morgan fingerprint density at radius 1 is 1.25 bits per heavy atom. The first kappa shape index (κ1) is 18.4. The predicted molar refractivity (Wildman–Crippen MR) is 103 cm³/mol. The van der Waals surface area contributed by atoms with Gasteiger partial charge in [0.1, 0.15) is 11.5 Å². The largest absolute Gasteiger partial charge is 0.455 e. The Kier molecular flexibility index (Phi) is 6.36. The van der Waals surface area contributed by atoms with Gasteiger partial charge < -0.3 is 15.1 Å². The van der Waals surface area contributed by atoms with Gasteiger partial charge >= 0.3 is 0 Å². The minimum absolute atomic E-state index is 0.207. The molecule has 0 saturated carbocycles. The monoisotopic (exact) mass is 364 g/mol. The highest BCUT2D eigenvalue weighted by Crippen LogP contribution is 2.25. The van der Waals surface area contributed by atoms with Crippen LogP contribution in [0.5, 0.6) is 0 Å². The first-order valence-corrected chi connectivity index (χ1v) is 8.27. The van der Waals surface area contributed by atoms with Crippen molar-refractivity contribution in [2.24, 2.45) is 10.8 Å². The first-order chi connectivity index (χ1) is 11.4. The third kappa shape index (κ3) is 5.06. The summed E-state index contributed by atoms with van der Waals surface area (Å²) in [5, 5.41) is 6.83. The van der Waals surface area contributed by atoms with Crippen LogP contribution >= 0.6 is 23.8 Å². The summed E-state index contributed by atoms with van der Waals surface area (Å²) in [6, 6.07) is 11.3. The van der Waals surface area contributed by atoms with Crippen molar-refractivity contribution in [1.29, 1.82) is 0 Å². The topological polar surface area (TPSA) is 58.0 Å². The molecule has 1 heterocycles. The average Bonchev–Trinajstić information content (AvgIpc) is 3.00. The lowest BCUT2D eigenvalue weighted by Gasteiger charge is -2.14. The summed E-state index contributed by atoms with van der Waals surface area (Å²) in [4.78, 5) is 2.08. The van der Waals surface area contributed by atoms with Crippen LogP contribution in [0.4, 0.5) is 0 Å². The second-order valence-electron chi connectivity index (χ2n) is 5.64. The lowest BCUT2D eigenvalue weighted by molar-refractivity contribution is 0.418. The van der Waals surface area contributed by atoms with E-state index in [1.54, 1.807) is 7.05 Å². The summed E-state index contributed by atoms with van der Waals surface area (Å²) in [6.45, 7) is 0.831. The molecule has 1 aromatic carbocycles. The van der Waals surface area contributed by atoms with E-state index in [-0.39, 0.29) is 5.11 Å². The first-order valence-electron chi connectivity index (χ1n) is 7.48. The van der Waals surface area contributed by atoms with Gasteiger partial charge in [-0.05, 0) is 50.6 Å². The highest BCUT2D eigenvalue weighted by atomic mass is 35.5. The zero-order chi connectivity index (χ0) is 17.7. The molecule has 0 fully saturated rings. The van der Waals surface area contributed by atoms with E-state index in [0.717, 1.165) is 23.6 Å². The van der Waals surface area contributed by atoms with Gasteiger partial charge in [0.2, 0.25) is 0 Å². The van der Waals surface area contributed by atoms with E-state index in [1.165, 1.54) is 5.01 Å². The fourth-order valence-corrected chi connectivity index (χ4v) is 2.30. The smallest absolute Gasteiger partial charge is 0.186 e. The number of benzene rings is 1. The molecule has 0 atom stereocenters. The number of thiocarbonyl (C=S) groups is 1. The molecule has 2 rings (SSSR count). The number of nitrogens with two attached hydrogens (primary N) is 1. The Morgan fingerprint density at radius 2 is 2.00 bits per heavy atom. The van der Waals surface area contributed by atoms with Crippen molar-refractivity contribution in [3.05, 3.63) is 47.2 Å². The van der Waals surface area contributed by atoms with Gasteiger partial charge in [0.25, 0.3) is 0 Å². The Balaban J connectivity index is 2.31. The molecule has 0 radical (unpaired) electrons. The third-order valence-electron chi connectivity index (χ3n) is 3.39. The number of hydrazone groups is 1. The van der Waals surface area contributed by atoms with Crippen molar-refractivity contribution in [1.82, 2.24) is 9.91 Å². The molecule has 0 aliphatic rings. The minimum Gasteiger partial charge on any atom is -0.455 e. The number of rotatable bonds is 6. The van der Waals surface area contributed by atoms with Crippen LogP contribution in [-0.2, 0) is 0 Å². The molecular formula is C17H21ClN4OS. The Morgan fingerprint density at radius 3 is 2.62 bits per heavy atom. The van der Waals surface area contributed by atoms with Crippen molar-refractivity contribution in [3.63, 3.8) is 0 Å². The summed E-state index contributed by atoms with van der Waals surface area (Å²) in [7, 11) is 5.74. The highest BCUT2D eigenvalue weighted by Gasteiger charge is 2.13. The molecule has 2 N–H and O–H groups in total. The molecule has 7 heteroatoms. The number of nitrogens with zero attached hydrogens (tertiary/aromatic N) is 3. The van der Waals surface area contributed by atoms with Crippen molar-refractivity contribution in [2.45, 2.75) is 6.42 Å². The number of halogens is 1. The van der Waals surface area contributed by atoms with Crippen molar-refractivity contribution < 1.29 is 4.42 Å². The Bertz CT molecular complexity index is 742. The molecule has 0 aliphatic carbocycles. The van der Waals surface area contributed by atoms with Gasteiger partial charge in [0.15, 0.2) is 10.9 Å². The van der Waals surface area contributed by atoms with Gasteiger partial charge in [-0.3, -0.25) is 0 Å². The van der Waals surface area contributed by atoms with E-state index in [9.17, 15) is 0 Å². The van der Waals surface area contributed by atoms with Crippen LogP contribution in [0.3, 0.4) is 0 Å². The van der Waals surface area contributed by atoms with Gasteiger partial charge in [-0.15, -0.1) is 0 Å². The fraction of sp³-hybridized carbons (Fsp3) is 0.294. The second kappa shape index (κ2) is 8.28. The summed E-state index contributed by atoms with van der Waals surface area (Å²) < 4.78 is 5.98. The third-order valence-corrected chi connectivity index (χ3v) is 3.88. The molecule has 0 unspecified atom stereocenters. The lowest BCUT2D eigenvalue weighted by Crippen LogP contribution is -2.29. The van der Waals surface area contributed by atoms with Gasteiger partial charge in [-0.25, -0.2) is 5.01 Å². The average molecular weight is 365 g/mol. The van der Waals surface area contributed by atoms with E-state index < -0.39 is 0 Å². The van der Waals surface area contributed by atoms with E-state index in [0.29, 0.717) is 17.2 Å². The molecule has 0 amide bonds. The molecule has 24 heavy (non-hydrogen) atoms. The maximum atomic E-state index is 6.05. The van der Waals surface area contributed by atoms with Crippen LogP contribution in [-0.4, -0.2) is 48.4 Å². The van der Waals surface area contributed by atoms with Crippen molar-refractivity contribution >= 4 is 34.6 Å². The lowest BCUT2D eigenvalue weighted by atomic mass is 10.2. The quantitative estimate of drug-likeness (QED) is 0.483. The SMILES string of the molecule is CN(C)CC/C(=N\N(C)C(N)=S)c1ccc(-c2cccc(Cl)c2)o1. The molecule has 128 valence electrons. The maximum Gasteiger partial charge on any atom is 0.186 e. The Labute approximate surface area is 152 Å². The van der Waals surface area contributed by atoms with Crippen molar-refractivity contribution in [2.75, 3.05) is 27.7 Å². The molecular weight excluding hydrogens is 344 g/mol. The molecule has 0 saturated heterocycles. The van der Waals surface area contributed by atoms with Crippen LogP contribution in [0.1, 0.15) is 12.2 Å². The zero-order valence-electron chi connectivity index (χ0n) is 14.0. The fourth-order valence-electron chi connectivity index (χ4n) is 2.07. The van der Waals surface area contributed by atoms with Crippen LogP contribution in [0.25, 0.3) is 11.3 Å². The van der Waals surface area contributed by atoms with Crippen LogP contribution < -0.4 is 5.73 Å². The van der Waals surface area contributed by atoms with Gasteiger partial charge in [0.05, 0.1) is 0 Å². The molecule has 0 aliphatic heterocycles. The maximum absolute atomic E-state index is 6.05. The highest BCUT2D eigenvalue weighted by molar-refractivity contribution is 7.80. The van der Waals surface area contributed by atoms with Gasteiger partial charge in [-0.1, -0.05) is 23.7 Å². The molecule has 2 aromatic rings. The normalized spacial score (nSPS) is 11.8. The molecule has 0 bridgehead atoms. The van der Waals surface area contributed by atoms with Crippen LogP contribution in [0.15, 0.2) is 45.9 Å². The minimum atomic E-state index is 0.207. The van der Waals surface area contributed by atoms with Crippen LogP contribution in [0.2, 0.25) is 5.02 Å². The van der Waals surface area contributed by atoms with E-state index in [4.69, 9.17) is 34.0 Å². The predicted octanol–water partition coefficient (Wildman–Crippen LogP) is 3.43. The molecule has 5 nitrogen and oxygen atoms in total. The summed E-state index contributed by atoms with van der Waals surface area (Å²) >= 11 is 11.0. The summed E-state index contributed by atoms with van der Waals surface area (Å²) in [5.41, 5.74) is 7.33. The molecule has 0 spiro atoms. The number of furan rings is 1. The van der Waals surface area contributed by atoms with Crippen LogP contribution in [0, 0.1) is 0 Å². The summed E-state index contributed by atoms with van der Waals surface area (Å²) in [5.74, 6) is 1.43. The Hall–Kier alpha value is -1.89. The van der Waals surface area contributed by atoms with Crippen molar-refractivity contribution in [3.8, 4) is 11.3 Å². The summed E-state index contributed by atoms with van der Waals surface area (Å²) in [6.07, 6.45) is 0.711. The van der Waals surface area contributed by atoms with E-state index in [2.05, 4.69) is 10.0 Å². The van der Waals surface area contributed by atoms with Gasteiger partial charge in [0, 0.05) is 30.6 Å². The second-order valence-corrected chi connectivity index (χ2v) is 6.49. The van der Waals surface area contributed by atoms with E-state index in [1.807, 2.05) is 50.5 Å². The van der Waals surface area contributed by atoms with E-state index >= 15 is 0 Å². The van der Waals surface area contributed by atoms with Gasteiger partial charge in [-0.2, -0.15) is 5.10 Å². The standard InChI is InChI=1S/C17H21ClN4OS/c1-21(2)10-9-14(20-22(3)17(19)24)16-8-7-15(23-16)12-5-4-6-13(18)11-12/h4-8,11H,9-10H2,1-3H3,(H2,19,24)/b20-14+.